The molecule has 8 heterocycles. The van der Waals surface area contributed by atoms with Crippen molar-refractivity contribution >= 4 is 33.7 Å². The molecular weight excluding hydrogens is 606 g/mol. The van der Waals surface area contributed by atoms with E-state index in [0.29, 0.717) is 55.7 Å². The zero-order valence-electron chi connectivity index (χ0n) is 26.9. The number of carbonyl (C=O) groups excluding carboxylic acids is 1. The highest BCUT2D eigenvalue weighted by Gasteiger charge is 2.49. The van der Waals surface area contributed by atoms with Gasteiger partial charge < -0.3 is 19.7 Å². The van der Waals surface area contributed by atoms with Crippen molar-refractivity contribution in [3.8, 4) is 17.3 Å². The number of ether oxygens (including phenoxy) is 2. The number of pyridine rings is 1. The summed E-state index contributed by atoms with van der Waals surface area (Å²) < 4.78 is 43.7. The highest BCUT2D eigenvalue weighted by molar-refractivity contribution is 5.99. The molecule has 3 fully saturated rings. The van der Waals surface area contributed by atoms with Crippen LogP contribution in [0.15, 0.2) is 18.5 Å². The minimum absolute atomic E-state index is 0.0458. The first-order chi connectivity index (χ1) is 22.7. The lowest BCUT2D eigenvalue weighted by atomic mass is 9.92. The Morgan fingerprint density at radius 2 is 2.02 bits per heavy atom. The van der Waals surface area contributed by atoms with Gasteiger partial charge in [-0.15, -0.1) is 0 Å². The van der Waals surface area contributed by atoms with Crippen molar-refractivity contribution < 1.29 is 23.0 Å². The molecule has 13 heteroatoms. The molecule has 1 unspecified atom stereocenters. The summed E-state index contributed by atoms with van der Waals surface area (Å²) in [6, 6.07) is 2.04. The molecule has 2 N–H and O–H groups in total. The summed E-state index contributed by atoms with van der Waals surface area (Å²) in [4.78, 5) is 31.6. The van der Waals surface area contributed by atoms with E-state index < -0.39 is 29.2 Å². The molecule has 47 heavy (non-hydrogen) atoms. The van der Waals surface area contributed by atoms with E-state index in [0.717, 1.165) is 60.7 Å². The Kier molecular flexibility index (Phi) is 7.42. The van der Waals surface area contributed by atoms with Crippen LogP contribution >= 0.6 is 0 Å². The Hall–Kier alpha value is -4.13. The number of alkyl carbamates (subject to hydrolysis) is 1. The van der Waals surface area contributed by atoms with Gasteiger partial charge in [0.2, 0.25) is 0 Å². The van der Waals surface area contributed by atoms with Crippen LogP contribution in [0.25, 0.3) is 33.1 Å². The van der Waals surface area contributed by atoms with Gasteiger partial charge in [-0.2, -0.15) is 15.1 Å². The van der Waals surface area contributed by atoms with E-state index >= 15 is 4.39 Å². The van der Waals surface area contributed by atoms with Crippen molar-refractivity contribution in [1.82, 2.24) is 35.4 Å². The van der Waals surface area contributed by atoms with Crippen LogP contribution in [-0.2, 0) is 11.2 Å². The molecule has 3 saturated heterocycles. The highest BCUT2D eigenvalue weighted by atomic mass is 19.1. The number of alkyl halides is 1. The molecule has 4 aromatic rings. The number of aromatic amines is 1. The van der Waals surface area contributed by atoms with Crippen LogP contribution < -0.4 is 15.0 Å². The SMILES string of the molecule is Cc1cc2[nH]ncc2c2c1CCCOC(=O)NC1(C)CCCCN(C1)c1nc(OC[C@@]34CCCN3C[C@H](F)C4)nc3c(F)c-2ncc13. The van der Waals surface area contributed by atoms with Gasteiger partial charge in [0.1, 0.15) is 29.8 Å². The number of anilines is 1. The highest BCUT2D eigenvalue weighted by Crippen LogP contribution is 2.42. The molecule has 11 nitrogen and oxygen atoms in total. The summed E-state index contributed by atoms with van der Waals surface area (Å²) in [5, 5.41) is 11.6. The second-order valence-corrected chi connectivity index (χ2v) is 14.1. The minimum atomic E-state index is -0.901. The fourth-order valence-electron chi connectivity index (χ4n) is 8.39. The molecule has 5 aliphatic rings. The van der Waals surface area contributed by atoms with Crippen LogP contribution in [0.1, 0.15) is 63.0 Å². The van der Waals surface area contributed by atoms with Gasteiger partial charge in [0.05, 0.1) is 34.8 Å². The first kappa shape index (κ1) is 30.2. The Morgan fingerprint density at radius 1 is 1.13 bits per heavy atom. The first-order valence-electron chi connectivity index (χ1n) is 16.8. The van der Waals surface area contributed by atoms with Gasteiger partial charge in [0.25, 0.3) is 0 Å². The molecule has 1 aromatic carbocycles. The summed E-state index contributed by atoms with van der Waals surface area (Å²) in [6.07, 6.45) is 7.76. The number of aryl methyl sites for hydroxylation is 1. The number of hydrogen-bond acceptors (Lipinski definition) is 9. The number of H-pyrrole nitrogens is 1. The van der Waals surface area contributed by atoms with Gasteiger partial charge in [-0.05, 0) is 82.5 Å². The van der Waals surface area contributed by atoms with Crippen LogP contribution in [0.2, 0.25) is 0 Å². The van der Waals surface area contributed by atoms with Crippen molar-refractivity contribution in [2.75, 3.05) is 44.3 Å². The van der Waals surface area contributed by atoms with E-state index in [1.54, 1.807) is 12.4 Å². The lowest BCUT2D eigenvalue weighted by Gasteiger charge is -2.34. The predicted octanol–water partition coefficient (Wildman–Crippen LogP) is 5.39. The third-order valence-corrected chi connectivity index (χ3v) is 10.6. The number of hydrogen-bond donors (Lipinski definition) is 2. The van der Waals surface area contributed by atoms with Crippen LogP contribution in [0.5, 0.6) is 6.01 Å². The minimum Gasteiger partial charge on any atom is -0.461 e. The summed E-state index contributed by atoms with van der Waals surface area (Å²) in [5.41, 5.74) is 2.50. The third kappa shape index (κ3) is 5.32. The average Bonchev–Trinajstić information content (AvgIpc) is 3.69. The van der Waals surface area contributed by atoms with E-state index in [1.807, 2.05) is 19.9 Å². The average molecular weight is 647 g/mol. The fraction of sp³-hybridized carbons (Fsp3) is 0.559. The van der Waals surface area contributed by atoms with E-state index in [2.05, 4.69) is 25.3 Å². The first-order valence-corrected chi connectivity index (χ1v) is 16.8. The molecule has 1 amide bonds. The second-order valence-electron chi connectivity index (χ2n) is 14.1. The van der Waals surface area contributed by atoms with Crippen molar-refractivity contribution in [3.05, 3.63) is 35.4 Å². The maximum atomic E-state index is 17.1. The number of fused-ring (bicyclic) bond motifs is 8. The Bertz CT molecular complexity index is 1870. The topological polar surface area (TPSA) is 121 Å². The quantitative estimate of drug-likeness (QED) is 0.302. The van der Waals surface area contributed by atoms with Crippen molar-refractivity contribution in [3.63, 3.8) is 0 Å². The number of rotatable bonds is 3. The molecule has 3 aromatic heterocycles. The predicted molar refractivity (Wildman–Crippen MR) is 173 cm³/mol. The molecule has 0 spiro atoms. The van der Waals surface area contributed by atoms with Gasteiger partial charge in [-0.25, -0.2) is 13.6 Å². The van der Waals surface area contributed by atoms with Crippen molar-refractivity contribution in [2.45, 2.75) is 82.5 Å². The number of amides is 1. The summed E-state index contributed by atoms with van der Waals surface area (Å²) in [5.74, 6) is -0.0725. The number of benzene rings is 1. The molecule has 3 atom stereocenters. The van der Waals surface area contributed by atoms with Crippen molar-refractivity contribution in [1.29, 1.82) is 0 Å². The monoisotopic (exact) mass is 646 g/mol. The van der Waals surface area contributed by atoms with Crippen LogP contribution in [0.3, 0.4) is 0 Å². The molecule has 5 aliphatic heterocycles. The van der Waals surface area contributed by atoms with Crippen LogP contribution in [0.4, 0.5) is 19.4 Å². The fourth-order valence-corrected chi connectivity index (χ4v) is 8.39. The lowest BCUT2D eigenvalue weighted by Crippen LogP contribution is -2.53. The molecule has 6 bridgehead atoms. The molecular formula is C34H40F2N8O3. The molecule has 9 rings (SSSR count). The maximum Gasteiger partial charge on any atom is 0.407 e. The van der Waals surface area contributed by atoms with Gasteiger partial charge in [-0.1, -0.05) is 0 Å². The number of aromatic nitrogens is 5. The summed E-state index contributed by atoms with van der Waals surface area (Å²) in [7, 11) is 0. The lowest BCUT2D eigenvalue weighted by molar-refractivity contribution is 0.107. The molecule has 0 aliphatic carbocycles. The summed E-state index contributed by atoms with van der Waals surface area (Å²) in [6.45, 7) is 6.72. The molecule has 248 valence electrons. The van der Waals surface area contributed by atoms with Gasteiger partial charge in [0, 0.05) is 43.2 Å². The van der Waals surface area contributed by atoms with Crippen LogP contribution in [-0.4, -0.2) is 92.8 Å². The van der Waals surface area contributed by atoms with Gasteiger partial charge in [-0.3, -0.25) is 15.0 Å². The number of halogens is 2. The number of nitrogens with one attached hydrogen (secondary N) is 2. The number of carbonyl (C=O) groups is 1. The number of nitrogens with zero attached hydrogens (tertiary/aromatic N) is 6. The van der Waals surface area contributed by atoms with Gasteiger partial charge >= 0.3 is 12.1 Å². The Balaban J connectivity index is 1.31. The Labute approximate surface area is 271 Å². The van der Waals surface area contributed by atoms with Gasteiger partial charge in [0.15, 0.2) is 5.82 Å². The smallest absolute Gasteiger partial charge is 0.407 e. The van der Waals surface area contributed by atoms with Crippen molar-refractivity contribution in [2.24, 2.45) is 0 Å². The van der Waals surface area contributed by atoms with E-state index in [1.165, 1.54) is 0 Å². The third-order valence-electron chi connectivity index (χ3n) is 10.6. The zero-order chi connectivity index (χ0) is 32.3. The molecule has 0 radical (unpaired) electrons. The normalized spacial score (nSPS) is 26.8. The van der Waals surface area contributed by atoms with E-state index in [9.17, 15) is 9.18 Å². The maximum absolute atomic E-state index is 17.1. The van der Waals surface area contributed by atoms with Crippen LogP contribution in [0, 0.1) is 12.7 Å². The largest absolute Gasteiger partial charge is 0.461 e. The standard InChI is InChI=1S/C34H40F2N8O3/c1-20-13-25-23(16-38-42-25)26-22(20)7-5-12-46-32(45)41-33(2)8-3-4-10-43(18-33)30-24-15-37-29(26)27(36)28(24)39-31(40-30)47-19-34-9-6-11-44(34)17-21(35)14-34/h13,15-16,21H,3-12,14,17-19H2,1-2H3,(H,38,42)(H,41,45)/t21-,33?,34+/m1/s1. The van der Waals surface area contributed by atoms with E-state index in [-0.39, 0.29) is 30.4 Å². The molecule has 0 saturated carbocycles. The zero-order valence-corrected chi connectivity index (χ0v) is 26.9. The summed E-state index contributed by atoms with van der Waals surface area (Å²) >= 11 is 0. The Morgan fingerprint density at radius 3 is 2.91 bits per heavy atom. The second kappa shape index (κ2) is 11.5. The van der Waals surface area contributed by atoms with E-state index in [4.69, 9.17) is 24.4 Å².